The van der Waals surface area contributed by atoms with Gasteiger partial charge in [-0.3, -0.25) is 0 Å². The first-order valence-electron chi connectivity index (χ1n) is 44.7. The van der Waals surface area contributed by atoms with Gasteiger partial charge in [0.1, 0.15) is 0 Å². The quantitative estimate of drug-likeness (QED) is 0.149. The van der Waals surface area contributed by atoms with Gasteiger partial charge in [0.15, 0.2) is 11.2 Å². The molecule has 518 valence electrons. The lowest BCUT2D eigenvalue weighted by Gasteiger charge is -2.46. The Morgan fingerprint density at radius 1 is 0.290 bits per heavy atom. The maximum atomic E-state index is 9.88. The molecule has 2 aliphatic heterocycles. The van der Waals surface area contributed by atoms with Crippen molar-refractivity contribution in [2.24, 2.45) is 0 Å². The smallest absolute Gasteiger partial charge is 0.252 e. The molecule has 0 unspecified atom stereocenters. The monoisotopic (exact) mass is 1400 g/mol. The van der Waals surface area contributed by atoms with E-state index in [2.05, 4.69) is 213 Å². The fourth-order valence-corrected chi connectivity index (χ4v) is 16.9. The van der Waals surface area contributed by atoms with E-state index in [0.29, 0.717) is 33.4 Å². The molecule has 0 saturated carbocycles. The highest BCUT2D eigenvalue weighted by Gasteiger charge is 2.46. The van der Waals surface area contributed by atoms with Gasteiger partial charge in [0.2, 0.25) is 0 Å². The second kappa shape index (κ2) is 23.2. The second-order valence-electron chi connectivity index (χ2n) is 32.9. The predicted molar refractivity (Wildman–Crippen MR) is 456 cm³/mol. The Bertz CT molecular complexity index is 7480. The zero-order chi connectivity index (χ0) is 86.8. The highest BCUT2D eigenvalue weighted by atomic mass is 16.3. The Morgan fingerprint density at radius 3 is 1.14 bits per heavy atom. The molecule has 6 heterocycles. The lowest BCUT2D eigenvalue weighted by molar-refractivity contribution is 0.590. The number of aromatic nitrogens is 3. The molecule has 0 atom stereocenters. The van der Waals surface area contributed by atoms with Crippen molar-refractivity contribution >= 4 is 145 Å². The number of rotatable bonds is 7. The maximum absolute atomic E-state index is 9.88. The summed E-state index contributed by atoms with van der Waals surface area (Å²) in [5.74, 6) is 0. The van der Waals surface area contributed by atoms with Crippen LogP contribution in [0.25, 0.3) is 127 Å². The average Bonchev–Trinajstić information content (AvgIpc) is 1.12. The van der Waals surface area contributed by atoms with E-state index in [9.17, 15) is 13.7 Å². The van der Waals surface area contributed by atoms with Crippen molar-refractivity contribution in [3.63, 3.8) is 0 Å². The van der Waals surface area contributed by atoms with Gasteiger partial charge in [-0.2, -0.15) is 0 Å². The molecule has 0 saturated heterocycles. The van der Waals surface area contributed by atoms with Gasteiger partial charge in [0, 0.05) is 88.3 Å². The van der Waals surface area contributed by atoms with Crippen molar-refractivity contribution in [2.45, 2.75) is 105 Å². The predicted octanol–water partition coefficient (Wildman–Crippen LogP) is 25.5. The third-order valence-corrected chi connectivity index (χ3v) is 22.3. The Morgan fingerprint density at radius 2 is 0.682 bits per heavy atom. The lowest BCUT2D eigenvalue weighted by atomic mass is 9.33. The first-order chi connectivity index (χ1) is 58.3. The van der Waals surface area contributed by atoms with Crippen LogP contribution in [0.3, 0.4) is 0 Å². The zero-order valence-corrected chi connectivity index (χ0v) is 61.7. The third-order valence-electron chi connectivity index (χ3n) is 22.3. The van der Waals surface area contributed by atoms with Crippen molar-refractivity contribution < 1.29 is 26.3 Å². The van der Waals surface area contributed by atoms with Gasteiger partial charge in [-0.25, -0.2) is 0 Å². The summed E-state index contributed by atoms with van der Waals surface area (Å²) in [5.41, 5.74) is 17.5. The van der Waals surface area contributed by atoms with Gasteiger partial charge in [0.05, 0.1) is 72.1 Å². The normalized spacial score (nSPS) is 15.5. The number of nitrogens with zero attached hydrogens (tertiary/aromatic N) is 5. The topological polar surface area (TPSA) is 34.4 Å². The van der Waals surface area contributed by atoms with E-state index in [1.54, 1.807) is 10.6 Å². The molecule has 18 aromatic rings. The Kier molecular flexibility index (Phi) is 10.8. The van der Waals surface area contributed by atoms with Crippen molar-refractivity contribution in [3.8, 4) is 39.3 Å². The molecule has 6 nitrogen and oxygen atoms in total. The average molecular weight is 1400 g/mol. The molecule has 0 N–H and O–H groups in total. The van der Waals surface area contributed by atoms with Crippen LogP contribution < -0.4 is 26.2 Å². The number of para-hydroxylation sites is 6. The molecule has 0 spiro atoms. The Hall–Kier alpha value is -12.1. The molecule has 14 aromatic carbocycles. The highest BCUT2D eigenvalue weighted by molar-refractivity contribution is 7.00. The van der Waals surface area contributed by atoms with Crippen molar-refractivity contribution in [2.75, 3.05) is 9.80 Å². The van der Waals surface area contributed by atoms with E-state index >= 15 is 0 Å². The van der Waals surface area contributed by atoms with Gasteiger partial charge in [-0.1, -0.05) is 265 Å². The molecule has 7 heteroatoms. The van der Waals surface area contributed by atoms with Crippen LogP contribution in [0.15, 0.2) is 295 Å². The van der Waals surface area contributed by atoms with E-state index in [4.69, 9.17) is 12.6 Å². The van der Waals surface area contributed by atoms with Crippen LogP contribution in [0, 0.1) is 0 Å². The molecule has 0 amide bonds. The van der Waals surface area contributed by atoms with E-state index in [1.807, 2.05) is 72.8 Å². The van der Waals surface area contributed by atoms with Crippen LogP contribution in [0.5, 0.6) is 0 Å². The molecular weight excluding hydrogens is 1300 g/mol. The third kappa shape index (κ3) is 9.85. The molecule has 0 aliphatic carbocycles. The fourth-order valence-electron chi connectivity index (χ4n) is 16.9. The van der Waals surface area contributed by atoms with Crippen LogP contribution in [0.1, 0.15) is 127 Å². The highest BCUT2D eigenvalue weighted by Crippen LogP contribution is 2.55. The summed E-state index contributed by atoms with van der Waals surface area (Å²) in [5, 5.41) is 3.23. The fraction of sp³-hybridized carbons (Fsp3) is 0.160. The van der Waals surface area contributed by atoms with Crippen LogP contribution in [0.4, 0.5) is 34.1 Å². The zero-order valence-electron chi connectivity index (χ0n) is 77.7. The SMILES string of the molecule is [2H]c1c([2H])c([2H])c2c(c1[2H])c1c([2H])c([2H])c([2H])c([2H])c1n2-c1ccc2c(c1)N(c1c(-c3ccccc3)cc(C(C)(C)C)cc1-c1ccccc1)c1cc(C(C)(C)C)cc3c1B2c1ccc(-n2c4ccc(C(C)(C)C)cc4c4cc(C(C)(C)C)ccc42)cc1N3c1cccc2c1oc1c(-n3c4c([2H])c([2H])c([2H])c([2H])c4c4c([2H])c([2H])c([2H])c([2H])c43)cccc12. The molecule has 20 rings (SSSR count). The summed E-state index contributed by atoms with van der Waals surface area (Å²) in [7, 11) is 0. The minimum atomic E-state index is -0.649. The maximum Gasteiger partial charge on any atom is 0.252 e. The summed E-state index contributed by atoms with van der Waals surface area (Å²) >= 11 is 0. The summed E-state index contributed by atoms with van der Waals surface area (Å²) in [6.45, 7) is 26.0. The summed E-state index contributed by atoms with van der Waals surface area (Å²) in [6, 6.07) is 59.8. The number of fused-ring (bicyclic) bond motifs is 16. The van der Waals surface area contributed by atoms with Gasteiger partial charge < -0.3 is 27.9 Å². The number of benzene rings is 14. The summed E-state index contributed by atoms with van der Waals surface area (Å²) in [6.07, 6.45) is 0. The minimum absolute atomic E-state index is 0.0179. The van der Waals surface area contributed by atoms with E-state index < -0.39 is 114 Å². The molecule has 0 radical (unpaired) electrons. The molecule has 4 aromatic heterocycles. The molecule has 0 fully saturated rings. The van der Waals surface area contributed by atoms with Gasteiger partial charge >= 0.3 is 0 Å². The summed E-state index contributed by atoms with van der Waals surface area (Å²) < 4.78 is 163. The van der Waals surface area contributed by atoms with Crippen LogP contribution in [-0.2, 0) is 21.7 Å². The summed E-state index contributed by atoms with van der Waals surface area (Å²) in [4.78, 5) is 4.68. The van der Waals surface area contributed by atoms with Gasteiger partial charge in [-0.15, -0.1) is 0 Å². The number of hydrogen-bond donors (Lipinski definition) is 0. The Balaban J connectivity index is 0.961. The van der Waals surface area contributed by atoms with Gasteiger partial charge in [0.25, 0.3) is 6.71 Å². The Labute approximate surface area is 648 Å². The first kappa shape index (κ1) is 49.6. The second-order valence-corrected chi connectivity index (χ2v) is 32.9. The molecule has 0 bridgehead atoms. The molecule has 2 aliphatic rings. The minimum Gasteiger partial charge on any atom is -0.452 e. The van der Waals surface area contributed by atoms with Crippen LogP contribution in [-0.4, -0.2) is 20.4 Å². The number of furan rings is 1. The first-order valence-corrected chi connectivity index (χ1v) is 36.7. The lowest BCUT2D eigenvalue weighted by Crippen LogP contribution is -2.61. The van der Waals surface area contributed by atoms with Crippen molar-refractivity contribution in [3.05, 3.63) is 313 Å². The van der Waals surface area contributed by atoms with E-state index in [0.717, 1.165) is 100 Å². The van der Waals surface area contributed by atoms with Gasteiger partial charge in [-0.05, 0) is 181 Å². The standard InChI is InChI=1S/C100H84BN5O/c1-97(2,3)63-45-51-85-77(53-63)78-54-64(98(4,5)6)46-52-86(78)103(85)67-47-49-79-89(59-67)105(88-44-28-38-74-73-37-27-43-87(95(73)107-96(74)88)104-83-41-25-21-35-71(83)72-36-22-26-42-84(72)104)91-57-66(100(10,11)12)58-92-93(91)101(79)80-50-48-68(102-81-39-23-19-33-69(81)70-34-20-24-40-82(70)102)60-90(80)106(92)94-75(61-29-15-13-16-30-61)55-65(99(7,8)9)56-76(94)62-31-17-14-18-32-62/h13-60H,1-12H3/i19D,20D,21D,22D,23D,24D,25D,26D,33D,34D,35D,36D,39D,40D,41D,42D. The van der Waals surface area contributed by atoms with Crippen molar-refractivity contribution in [1.82, 2.24) is 13.7 Å². The molecule has 107 heavy (non-hydrogen) atoms. The number of hydrogen-bond acceptors (Lipinski definition) is 3. The molecular formula is C100H84BN5O. The number of anilines is 6. The largest absolute Gasteiger partial charge is 0.452 e. The van der Waals surface area contributed by atoms with E-state index in [-0.39, 0.29) is 65.7 Å². The van der Waals surface area contributed by atoms with Crippen LogP contribution in [0.2, 0.25) is 0 Å². The van der Waals surface area contributed by atoms with E-state index in [1.165, 1.54) is 15.7 Å². The van der Waals surface area contributed by atoms with Crippen LogP contribution >= 0.6 is 0 Å². The van der Waals surface area contributed by atoms with Crippen molar-refractivity contribution in [1.29, 1.82) is 0 Å².